The second-order valence-corrected chi connectivity index (χ2v) is 5.76. The summed E-state index contributed by atoms with van der Waals surface area (Å²) >= 11 is 0. The molecule has 0 spiro atoms. The lowest BCUT2D eigenvalue weighted by atomic mass is 9.87. The first-order valence-corrected chi connectivity index (χ1v) is 7.38. The van der Waals surface area contributed by atoms with Crippen LogP contribution in [0.3, 0.4) is 0 Å². The van der Waals surface area contributed by atoms with Crippen LogP contribution in [0.1, 0.15) is 28.2 Å². The molecule has 0 N–H and O–H groups in total. The summed E-state index contributed by atoms with van der Waals surface area (Å²) in [6.45, 7) is 0.561. The maximum Gasteiger partial charge on any atom is 0.416 e. The zero-order chi connectivity index (χ0) is 16.6. The summed E-state index contributed by atoms with van der Waals surface area (Å²) < 4.78 is 39.0. The van der Waals surface area contributed by atoms with E-state index in [1.54, 1.807) is 18.0 Å². The lowest BCUT2D eigenvalue weighted by molar-refractivity contribution is -0.138. The molecule has 1 unspecified atom stereocenters. The summed E-state index contributed by atoms with van der Waals surface area (Å²) in [6, 6.07) is 12.5. The molecule has 0 fully saturated rings. The standard InChI is InChI=1S/C18H16F3NO/c1-22-10-9-12-5-2-3-8-15(12)16(17(22)23)13-6-4-7-14(11-13)18(19,20)21/h2-8,11,16H,9-10H2,1H3. The Labute approximate surface area is 132 Å². The van der Waals surface area contributed by atoms with Crippen molar-refractivity contribution in [3.63, 3.8) is 0 Å². The van der Waals surface area contributed by atoms with E-state index in [4.69, 9.17) is 0 Å². The number of hydrogen-bond acceptors (Lipinski definition) is 1. The second kappa shape index (κ2) is 5.72. The number of rotatable bonds is 1. The average Bonchev–Trinajstić information content (AvgIpc) is 2.65. The third-order valence-corrected chi connectivity index (χ3v) is 4.25. The number of halogens is 3. The van der Waals surface area contributed by atoms with Gasteiger partial charge in [-0.1, -0.05) is 42.5 Å². The molecule has 0 aliphatic carbocycles. The van der Waals surface area contributed by atoms with E-state index in [1.807, 2.05) is 24.3 Å². The van der Waals surface area contributed by atoms with Crippen LogP contribution in [0.4, 0.5) is 13.2 Å². The summed E-state index contributed by atoms with van der Waals surface area (Å²) in [4.78, 5) is 14.3. The highest BCUT2D eigenvalue weighted by Crippen LogP contribution is 2.35. The molecule has 23 heavy (non-hydrogen) atoms. The van der Waals surface area contributed by atoms with Gasteiger partial charge in [-0.3, -0.25) is 4.79 Å². The Balaban J connectivity index is 2.14. The molecule has 0 radical (unpaired) electrons. The van der Waals surface area contributed by atoms with E-state index in [0.29, 0.717) is 18.5 Å². The maximum absolute atomic E-state index is 13.0. The minimum Gasteiger partial charge on any atom is -0.345 e. The van der Waals surface area contributed by atoms with Crippen LogP contribution < -0.4 is 0 Å². The molecule has 2 aromatic rings. The van der Waals surface area contributed by atoms with Crippen LogP contribution >= 0.6 is 0 Å². The number of carbonyl (C=O) groups excluding carboxylic acids is 1. The van der Waals surface area contributed by atoms with Gasteiger partial charge >= 0.3 is 6.18 Å². The molecule has 0 saturated heterocycles. The van der Waals surface area contributed by atoms with Crippen molar-refractivity contribution >= 4 is 5.91 Å². The summed E-state index contributed by atoms with van der Waals surface area (Å²) in [5.41, 5.74) is 1.45. The molecule has 0 saturated carbocycles. The number of hydrogen-bond donors (Lipinski definition) is 0. The smallest absolute Gasteiger partial charge is 0.345 e. The zero-order valence-electron chi connectivity index (χ0n) is 12.6. The van der Waals surface area contributed by atoms with Crippen molar-refractivity contribution < 1.29 is 18.0 Å². The molecule has 120 valence electrons. The van der Waals surface area contributed by atoms with Crippen molar-refractivity contribution in [2.75, 3.05) is 13.6 Å². The molecule has 2 nitrogen and oxygen atoms in total. The average molecular weight is 319 g/mol. The number of amides is 1. The molecule has 3 rings (SSSR count). The quantitative estimate of drug-likeness (QED) is 0.782. The first kappa shape index (κ1) is 15.6. The minimum atomic E-state index is -4.42. The first-order valence-electron chi connectivity index (χ1n) is 7.38. The number of benzene rings is 2. The SMILES string of the molecule is CN1CCc2ccccc2C(c2cccc(C(F)(F)F)c2)C1=O. The van der Waals surface area contributed by atoms with Crippen molar-refractivity contribution in [1.29, 1.82) is 0 Å². The third-order valence-electron chi connectivity index (χ3n) is 4.25. The lowest BCUT2D eigenvalue weighted by Gasteiger charge is -2.22. The fourth-order valence-electron chi connectivity index (χ4n) is 3.01. The Hall–Kier alpha value is -2.30. The van der Waals surface area contributed by atoms with Gasteiger partial charge in [0.05, 0.1) is 11.5 Å². The van der Waals surface area contributed by atoms with Crippen LogP contribution in [-0.4, -0.2) is 24.4 Å². The van der Waals surface area contributed by atoms with Crippen LogP contribution in [0.25, 0.3) is 0 Å². The van der Waals surface area contributed by atoms with Crippen molar-refractivity contribution in [2.45, 2.75) is 18.5 Å². The van der Waals surface area contributed by atoms with E-state index >= 15 is 0 Å². The molecule has 5 heteroatoms. The predicted octanol–water partition coefficient (Wildman–Crippen LogP) is 3.85. The van der Waals surface area contributed by atoms with Crippen LogP contribution in [0.5, 0.6) is 0 Å². The Kier molecular flexibility index (Phi) is 3.88. The fourth-order valence-corrected chi connectivity index (χ4v) is 3.01. The van der Waals surface area contributed by atoms with Gasteiger partial charge in [0.25, 0.3) is 0 Å². The van der Waals surface area contributed by atoms with E-state index < -0.39 is 17.7 Å². The van der Waals surface area contributed by atoms with Gasteiger partial charge in [-0.25, -0.2) is 0 Å². The molecule has 1 aliphatic heterocycles. The Bertz CT molecular complexity index is 739. The molecule has 0 aromatic heterocycles. The van der Waals surface area contributed by atoms with Gasteiger partial charge in [-0.2, -0.15) is 13.2 Å². The van der Waals surface area contributed by atoms with Gasteiger partial charge in [0.1, 0.15) is 0 Å². The van der Waals surface area contributed by atoms with Gasteiger partial charge in [-0.15, -0.1) is 0 Å². The molecule has 0 bridgehead atoms. The van der Waals surface area contributed by atoms with Gasteiger partial charge in [0.2, 0.25) is 5.91 Å². The summed E-state index contributed by atoms with van der Waals surface area (Å²) in [5.74, 6) is -0.865. The van der Waals surface area contributed by atoms with Crippen LogP contribution in [0, 0.1) is 0 Å². The maximum atomic E-state index is 13.0. The number of alkyl halides is 3. The normalized spacial score (nSPS) is 18.5. The van der Waals surface area contributed by atoms with Gasteiger partial charge in [-0.05, 0) is 29.2 Å². The third kappa shape index (κ3) is 2.96. The topological polar surface area (TPSA) is 20.3 Å². The predicted molar refractivity (Wildman–Crippen MR) is 81.1 cm³/mol. The number of likely N-dealkylation sites (N-methyl/N-ethyl adjacent to an activating group) is 1. The number of carbonyl (C=O) groups is 1. The molecular formula is C18H16F3NO. The highest BCUT2D eigenvalue weighted by molar-refractivity contribution is 5.88. The largest absolute Gasteiger partial charge is 0.416 e. The summed E-state index contributed by atoms with van der Waals surface area (Å²) in [5, 5.41) is 0. The van der Waals surface area contributed by atoms with Crippen molar-refractivity contribution in [3.8, 4) is 0 Å². The monoisotopic (exact) mass is 319 g/mol. The fraction of sp³-hybridized carbons (Fsp3) is 0.278. The highest BCUT2D eigenvalue weighted by atomic mass is 19.4. The van der Waals surface area contributed by atoms with E-state index in [9.17, 15) is 18.0 Å². The van der Waals surface area contributed by atoms with Crippen LogP contribution in [-0.2, 0) is 17.4 Å². The zero-order valence-corrected chi connectivity index (χ0v) is 12.6. The van der Waals surface area contributed by atoms with Crippen LogP contribution in [0.2, 0.25) is 0 Å². The van der Waals surface area contributed by atoms with Gasteiger partial charge in [0, 0.05) is 13.6 Å². The Morgan fingerprint density at radius 3 is 2.57 bits per heavy atom. The molecule has 2 aromatic carbocycles. The van der Waals surface area contributed by atoms with Crippen LogP contribution in [0.15, 0.2) is 48.5 Å². The summed E-state index contributed by atoms with van der Waals surface area (Å²) in [7, 11) is 1.69. The Morgan fingerprint density at radius 1 is 1.09 bits per heavy atom. The van der Waals surface area contributed by atoms with E-state index in [2.05, 4.69) is 0 Å². The second-order valence-electron chi connectivity index (χ2n) is 5.76. The van der Waals surface area contributed by atoms with E-state index in [1.165, 1.54) is 6.07 Å². The van der Waals surface area contributed by atoms with E-state index in [0.717, 1.165) is 23.3 Å². The molecular weight excluding hydrogens is 303 g/mol. The molecule has 1 aliphatic rings. The highest BCUT2D eigenvalue weighted by Gasteiger charge is 2.34. The van der Waals surface area contributed by atoms with Gasteiger partial charge in [0.15, 0.2) is 0 Å². The van der Waals surface area contributed by atoms with Crippen molar-refractivity contribution in [3.05, 3.63) is 70.8 Å². The number of fused-ring (bicyclic) bond motifs is 1. The van der Waals surface area contributed by atoms with Crippen molar-refractivity contribution in [1.82, 2.24) is 4.90 Å². The summed E-state index contributed by atoms with van der Waals surface area (Å²) in [6.07, 6.45) is -3.72. The van der Waals surface area contributed by atoms with Gasteiger partial charge < -0.3 is 4.90 Å². The van der Waals surface area contributed by atoms with E-state index in [-0.39, 0.29) is 5.91 Å². The minimum absolute atomic E-state index is 0.172. The first-order chi connectivity index (χ1) is 10.9. The molecule has 1 heterocycles. The Morgan fingerprint density at radius 2 is 1.83 bits per heavy atom. The van der Waals surface area contributed by atoms with Crippen molar-refractivity contribution in [2.24, 2.45) is 0 Å². The molecule has 1 atom stereocenters. The molecule has 1 amide bonds. The number of nitrogens with zero attached hydrogens (tertiary/aromatic N) is 1. The lowest BCUT2D eigenvalue weighted by Crippen LogP contribution is -2.31.